The topological polar surface area (TPSA) is 3.24 Å². The van der Waals surface area contributed by atoms with Crippen molar-refractivity contribution in [2.45, 2.75) is 19.1 Å². The van der Waals surface area contributed by atoms with Crippen molar-refractivity contribution in [3.05, 3.63) is 34.9 Å². The van der Waals surface area contributed by atoms with Gasteiger partial charge in [0.1, 0.15) is 0 Å². The van der Waals surface area contributed by atoms with Crippen LogP contribution in [0.25, 0.3) is 0 Å². The number of nitrogens with zero attached hydrogens (tertiary/aromatic N) is 1. The van der Waals surface area contributed by atoms with Crippen LogP contribution in [0.15, 0.2) is 24.3 Å². The van der Waals surface area contributed by atoms with Gasteiger partial charge in [-0.2, -0.15) is 13.2 Å². The molecular formula is C11H13ClF3N. The van der Waals surface area contributed by atoms with Gasteiger partial charge in [-0.3, -0.25) is 0 Å². The summed E-state index contributed by atoms with van der Waals surface area (Å²) in [6.07, 6.45) is -4.87. The molecule has 0 radical (unpaired) electrons. The molecule has 90 valence electrons. The quantitative estimate of drug-likeness (QED) is 0.788. The fraction of sp³-hybridized carbons (Fsp3) is 0.455. The summed E-state index contributed by atoms with van der Waals surface area (Å²) in [5.41, 5.74) is 0.953. The molecule has 0 spiro atoms. The number of rotatable bonds is 4. The van der Waals surface area contributed by atoms with Gasteiger partial charge in [-0.1, -0.05) is 23.7 Å². The van der Waals surface area contributed by atoms with Crippen LogP contribution in [0.2, 0.25) is 5.02 Å². The summed E-state index contributed by atoms with van der Waals surface area (Å²) < 4.78 is 35.9. The second-order valence-corrected chi connectivity index (χ2v) is 4.17. The lowest BCUT2D eigenvalue weighted by atomic mass is 10.2. The Balaban J connectivity index is 2.39. The molecule has 0 aliphatic carbocycles. The molecular weight excluding hydrogens is 239 g/mol. The number of hydrogen-bond acceptors (Lipinski definition) is 1. The van der Waals surface area contributed by atoms with E-state index in [4.69, 9.17) is 11.6 Å². The van der Waals surface area contributed by atoms with Crippen LogP contribution < -0.4 is 0 Å². The first-order chi connectivity index (χ1) is 7.37. The molecule has 1 nitrogen and oxygen atoms in total. The fourth-order valence-corrected chi connectivity index (χ4v) is 1.42. The van der Waals surface area contributed by atoms with Crippen LogP contribution in [0.3, 0.4) is 0 Å². The first kappa shape index (κ1) is 13.3. The van der Waals surface area contributed by atoms with Crippen molar-refractivity contribution in [3.63, 3.8) is 0 Å². The molecule has 0 amide bonds. The minimum Gasteiger partial charge on any atom is -0.302 e. The van der Waals surface area contributed by atoms with Gasteiger partial charge < -0.3 is 4.90 Å². The van der Waals surface area contributed by atoms with E-state index in [1.54, 1.807) is 24.1 Å². The van der Waals surface area contributed by atoms with E-state index in [0.29, 0.717) is 11.6 Å². The average molecular weight is 252 g/mol. The van der Waals surface area contributed by atoms with E-state index in [9.17, 15) is 13.2 Å². The molecule has 1 rings (SSSR count). The summed E-state index contributed by atoms with van der Waals surface area (Å²) in [7, 11) is 1.67. The third-order valence-electron chi connectivity index (χ3n) is 2.14. The van der Waals surface area contributed by atoms with E-state index in [-0.39, 0.29) is 6.54 Å². The van der Waals surface area contributed by atoms with Gasteiger partial charge in [-0.05, 0) is 24.7 Å². The van der Waals surface area contributed by atoms with Crippen molar-refractivity contribution in [2.24, 2.45) is 0 Å². The Labute approximate surface area is 97.8 Å². The lowest BCUT2D eigenvalue weighted by Gasteiger charge is -2.17. The first-order valence-corrected chi connectivity index (χ1v) is 5.24. The average Bonchev–Trinajstić information content (AvgIpc) is 2.18. The summed E-state index contributed by atoms with van der Waals surface area (Å²) in [5, 5.41) is 0.627. The van der Waals surface area contributed by atoms with Crippen molar-refractivity contribution in [1.29, 1.82) is 0 Å². The van der Waals surface area contributed by atoms with Gasteiger partial charge in [0.2, 0.25) is 0 Å². The van der Waals surface area contributed by atoms with Crippen LogP contribution in [0, 0.1) is 0 Å². The van der Waals surface area contributed by atoms with Crippen LogP contribution in [-0.4, -0.2) is 24.7 Å². The predicted molar refractivity (Wildman–Crippen MR) is 58.5 cm³/mol. The monoisotopic (exact) mass is 251 g/mol. The summed E-state index contributed by atoms with van der Waals surface area (Å²) >= 11 is 5.71. The highest BCUT2D eigenvalue weighted by atomic mass is 35.5. The predicted octanol–water partition coefficient (Wildman–Crippen LogP) is 3.72. The van der Waals surface area contributed by atoms with Gasteiger partial charge in [-0.15, -0.1) is 0 Å². The van der Waals surface area contributed by atoms with E-state index in [0.717, 1.165) is 5.56 Å². The van der Waals surface area contributed by atoms with E-state index >= 15 is 0 Å². The Morgan fingerprint density at radius 3 is 2.25 bits per heavy atom. The highest BCUT2D eigenvalue weighted by Crippen LogP contribution is 2.20. The highest BCUT2D eigenvalue weighted by Gasteiger charge is 2.26. The molecule has 1 aromatic carbocycles. The van der Waals surface area contributed by atoms with E-state index < -0.39 is 12.6 Å². The minimum absolute atomic E-state index is 0.00608. The van der Waals surface area contributed by atoms with Gasteiger partial charge in [-0.25, -0.2) is 0 Å². The summed E-state index contributed by atoms with van der Waals surface area (Å²) in [6.45, 7) is 0.499. The third kappa shape index (κ3) is 5.37. The third-order valence-corrected chi connectivity index (χ3v) is 2.39. The molecule has 1 aromatic rings. The Kier molecular flexibility index (Phi) is 4.62. The maximum Gasteiger partial charge on any atom is 0.390 e. The van der Waals surface area contributed by atoms with Crippen LogP contribution in [-0.2, 0) is 6.54 Å². The first-order valence-electron chi connectivity index (χ1n) is 4.86. The molecule has 0 saturated carbocycles. The largest absolute Gasteiger partial charge is 0.390 e. The number of alkyl halides is 3. The zero-order chi connectivity index (χ0) is 12.2. The molecule has 0 bridgehead atoms. The summed E-state index contributed by atoms with van der Waals surface area (Å²) in [5.74, 6) is 0. The second kappa shape index (κ2) is 5.55. The molecule has 0 unspecified atom stereocenters. The maximum atomic E-state index is 12.0. The van der Waals surface area contributed by atoms with Gasteiger partial charge >= 0.3 is 6.18 Å². The van der Waals surface area contributed by atoms with Gasteiger partial charge in [0.15, 0.2) is 0 Å². The van der Waals surface area contributed by atoms with E-state index in [2.05, 4.69) is 0 Å². The van der Waals surface area contributed by atoms with Crippen molar-refractivity contribution in [3.8, 4) is 0 Å². The molecule has 0 atom stereocenters. The van der Waals surface area contributed by atoms with E-state index in [1.165, 1.54) is 0 Å². The van der Waals surface area contributed by atoms with Crippen molar-refractivity contribution in [2.75, 3.05) is 13.6 Å². The van der Waals surface area contributed by atoms with Gasteiger partial charge in [0.05, 0.1) is 6.42 Å². The second-order valence-electron chi connectivity index (χ2n) is 3.73. The van der Waals surface area contributed by atoms with Crippen molar-refractivity contribution >= 4 is 11.6 Å². The molecule has 0 aliphatic heterocycles. The lowest BCUT2D eigenvalue weighted by molar-refractivity contribution is -0.137. The van der Waals surface area contributed by atoms with Crippen molar-refractivity contribution in [1.82, 2.24) is 4.90 Å². The Morgan fingerprint density at radius 2 is 1.75 bits per heavy atom. The SMILES string of the molecule is CN(CCC(F)(F)F)Cc1ccc(Cl)cc1. The Hall–Kier alpha value is -0.740. The maximum absolute atomic E-state index is 12.0. The van der Waals surface area contributed by atoms with Crippen LogP contribution in [0.5, 0.6) is 0 Å². The molecule has 0 aliphatic rings. The number of hydrogen-bond donors (Lipinski definition) is 0. The molecule has 16 heavy (non-hydrogen) atoms. The standard InChI is InChI=1S/C11H13ClF3N/c1-16(7-6-11(13,14)15)8-9-2-4-10(12)5-3-9/h2-5H,6-8H2,1H3. The minimum atomic E-state index is -4.09. The fourth-order valence-electron chi connectivity index (χ4n) is 1.30. The molecule has 0 fully saturated rings. The van der Waals surface area contributed by atoms with Gasteiger partial charge in [0.25, 0.3) is 0 Å². The van der Waals surface area contributed by atoms with Crippen LogP contribution >= 0.6 is 11.6 Å². The summed E-state index contributed by atoms with van der Waals surface area (Å²) in [6, 6.07) is 7.09. The molecule has 0 aromatic heterocycles. The Morgan fingerprint density at radius 1 is 1.19 bits per heavy atom. The Bertz CT molecular complexity index is 321. The van der Waals surface area contributed by atoms with Crippen molar-refractivity contribution < 1.29 is 13.2 Å². The normalized spacial score (nSPS) is 12.1. The zero-order valence-electron chi connectivity index (χ0n) is 8.89. The van der Waals surface area contributed by atoms with Gasteiger partial charge in [0, 0.05) is 18.1 Å². The van der Waals surface area contributed by atoms with Crippen LogP contribution in [0.4, 0.5) is 13.2 Å². The smallest absolute Gasteiger partial charge is 0.302 e. The molecule has 0 N–H and O–H groups in total. The highest BCUT2D eigenvalue weighted by molar-refractivity contribution is 6.30. The van der Waals surface area contributed by atoms with E-state index in [1.807, 2.05) is 12.1 Å². The molecule has 0 saturated heterocycles. The zero-order valence-corrected chi connectivity index (χ0v) is 9.65. The number of halogens is 4. The van der Waals surface area contributed by atoms with Crippen LogP contribution in [0.1, 0.15) is 12.0 Å². The summed E-state index contributed by atoms with van der Waals surface area (Å²) in [4.78, 5) is 1.64. The number of benzene rings is 1. The molecule has 5 heteroatoms. The molecule has 0 heterocycles. The lowest BCUT2D eigenvalue weighted by Crippen LogP contribution is -2.24.